The highest BCUT2D eigenvalue weighted by atomic mass is 19.1. The van der Waals surface area contributed by atoms with E-state index in [4.69, 9.17) is 0 Å². The smallest absolute Gasteiger partial charge is 0.321 e. The van der Waals surface area contributed by atoms with Crippen LogP contribution >= 0.6 is 0 Å². The zero-order valence-corrected chi connectivity index (χ0v) is 15.0. The van der Waals surface area contributed by atoms with E-state index in [9.17, 15) is 13.6 Å². The topological polar surface area (TPSA) is 35.6 Å². The van der Waals surface area contributed by atoms with Crippen LogP contribution in [0.3, 0.4) is 0 Å². The number of aryl methyl sites for hydroxylation is 1. The Balaban J connectivity index is 1.65. The minimum atomic E-state index is -0.774. The molecule has 3 rings (SSSR count). The quantitative estimate of drug-likeness (QED) is 0.881. The molecule has 0 radical (unpaired) electrons. The first-order valence-electron chi connectivity index (χ1n) is 8.74. The van der Waals surface area contributed by atoms with Crippen LogP contribution in [0.2, 0.25) is 0 Å². The molecule has 1 heterocycles. The summed E-state index contributed by atoms with van der Waals surface area (Å²) in [7, 11) is 2.02. The Bertz CT molecular complexity index is 779. The van der Waals surface area contributed by atoms with Crippen molar-refractivity contribution in [2.75, 3.05) is 30.4 Å². The predicted molar refractivity (Wildman–Crippen MR) is 99.6 cm³/mol. The number of halogens is 2. The van der Waals surface area contributed by atoms with Gasteiger partial charge in [-0.3, -0.25) is 0 Å². The molecule has 2 aromatic carbocycles. The van der Waals surface area contributed by atoms with Crippen LogP contribution in [0.1, 0.15) is 18.4 Å². The summed E-state index contributed by atoms with van der Waals surface area (Å²) >= 11 is 0. The highest BCUT2D eigenvalue weighted by Gasteiger charge is 2.27. The number of benzene rings is 2. The largest absolute Gasteiger partial charge is 0.370 e. The van der Waals surface area contributed by atoms with Gasteiger partial charge in [0.2, 0.25) is 0 Å². The molecule has 0 bridgehead atoms. The van der Waals surface area contributed by atoms with Crippen LogP contribution in [0.5, 0.6) is 0 Å². The number of carbonyl (C=O) groups excluding carboxylic acids is 1. The van der Waals surface area contributed by atoms with Crippen LogP contribution in [0.15, 0.2) is 42.5 Å². The third kappa shape index (κ3) is 4.12. The van der Waals surface area contributed by atoms with Crippen molar-refractivity contribution < 1.29 is 13.6 Å². The van der Waals surface area contributed by atoms with Gasteiger partial charge >= 0.3 is 6.03 Å². The van der Waals surface area contributed by atoms with Crippen LogP contribution in [-0.2, 0) is 0 Å². The molecular formula is C20H23F2N3O. The predicted octanol–water partition coefficient (Wildman–Crippen LogP) is 4.41. The lowest BCUT2D eigenvalue weighted by molar-refractivity contribution is 0.192. The molecule has 1 fully saturated rings. The number of anilines is 2. The van der Waals surface area contributed by atoms with E-state index < -0.39 is 11.6 Å². The number of hydrogen-bond acceptors (Lipinski definition) is 2. The lowest BCUT2D eigenvalue weighted by atomic mass is 10.0. The Morgan fingerprint density at radius 1 is 1.19 bits per heavy atom. The average Bonchev–Trinajstić information content (AvgIpc) is 2.64. The number of piperidine rings is 1. The van der Waals surface area contributed by atoms with Gasteiger partial charge in [-0.1, -0.05) is 17.7 Å². The molecule has 0 aromatic heterocycles. The summed E-state index contributed by atoms with van der Waals surface area (Å²) in [6, 6.07) is 11.2. The highest BCUT2D eigenvalue weighted by Crippen LogP contribution is 2.23. The Morgan fingerprint density at radius 2 is 1.92 bits per heavy atom. The van der Waals surface area contributed by atoms with Gasteiger partial charge in [-0.05, 0) is 44.0 Å². The Kier molecular flexibility index (Phi) is 5.40. The molecule has 2 aromatic rings. The first kappa shape index (κ1) is 18.2. The molecule has 0 saturated carbocycles. The van der Waals surface area contributed by atoms with Gasteiger partial charge in [-0.2, -0.15) is 0 Å². The zero-order chi connectivity index (χ0) is 18.7. The molecule has 6 heteroatoms. The van der Waals surface area contributed by atoms with Gasteiger partial charge in [0.05, 0.1) is 5.69 Å². The van der Waals surface area contributed by atoms with Gasteiger partial charge < -0.3 is 15.1 Å². The van der Waals surface area contributed by atoms with Gasteiger partial charge in [-0.15, -0.1) is 0 Å². The fraction of sp³-hybridized carbons (Fsp3) is 0.350. The maximum absolute atomic E-state index is 13.8. The van der Waals surface area contributed by atoms with E-state index in [1.807, 2.05) is 14.0 Å². The number of hydrogen-bond donors (Lipinski definition) is 1. The Hall–Kier alpha value is -2.63. The lowest BCUT2D eigenvalue weighted by Gasteiger charge is -2.38. The molecule has 4 nitrogen and oxygen atoms in total. The minimum Gasteiger partial charge on any atom is -0.370 e. The van der Waals surface area contributed by atoms with E-state index in [1.54, 1.807) is 4.90 Å². The fourth-order valence-electron chi connectivity index (χ4n) is 3.23. The summed E-state index contributed by atoms with van der Waals surface area (Å²) in [5, 5.41) is 2.54. The monoisotopic (exact) mass is 359 g/mol. The molecule has 2 amide bonds. The number of nitrogens with one attached hydrogen (secondary N) is 1. The molecule has 138 valence electrons. The van der Waals surface area contributed by atoms with Gasteiger partial charge in [0.1, 0.15) is 11.6 Å². The Morgan fingerprint density at radius 3 is 2.62 bits per heavy atom. The summed E-state index contributed by atoms with van der Waals surface area (Å²) in [5.41, 5.74) is 2.30. The van der Waals surface area contributed by atoms with Crippen LogP contribution in [0.4, 0.5) is 25.0 Å². The molecule has 1 N–H and O–H groups in total. The van der Waals surface area contributed by atoms with Gasteiger partial charge in [-0.25, -0.2) is 13.6 Å². The van der Waals surface area contributed by atoms with E-state index in [0.717, 1.165) is 30.7 Å². The van der Waals surface area contributed by atoms with Crippen LogP contribution in [-0.4, -0.2) is 37.1 Å². The maximum atomic E-state index is 13.8. The average molecular weight is 359 g/mol. The number of urea groups is 1. The summed E-state index contributed by atoms with van der Waals surface area (Å²) in [5.74, 6) is -1.44. The minimum absolute atomic E-state index is 0.00888. The molecule has 1 saturated heterocycles. The van der Waals surface area contributed by atoms with E-state index in [-0.39, 0.29) is 17.8 Å². The van der Waals surface area contributed by atoms with E-state index >= 15 is 0 Å². The first-order valence-corrected chi connectivity index (χ1v) is 8.74. The van der Waals surface area contributed by atoms with Crippen LogP contribution < -0.4 is 10.2 Å². The standard InChI is InChI=1S/C20H23F2N3O/c1-14-5-8-16(9-6-14)24(2)17-4-3-11-25(13-17)20(26)23-19-10-7-15(21)12-18(19)22/h5-10,12,17H,3-4,11,13H2,1-2H3,(H,23,26)/t17-/m1/s1. The fourth-order valence-corrected chi connectivity index (χ4v) is 3.23. The summed E-state index contributed by atoms with van der Waals surface area (Å²) < 4.78 is 26.8. The first-order chi connectivity index (χ1) is 12.4. The van der Waals surface area contributed by atoms with Crippen molar-refractivity contribution in [2.45, 2.75) is 25.8 Å². The summed E-state index contributed by atoms with van der Waals surface area (Å²) in [6.45, 7) is 3.22. The van der Waals surface area contributed by atoms with E-state index in [2.05, 4.69) is 34.5 Å². The lowest BCUT2D eigenvalue weighted by Crippen LogP contribution is -2.50. The molecule has 1 atom stereocenters. The molecular weight excluding hydrogens is 336 g/mol. The molecule has 0 unspecified atom stereocenters. The highest BCUT2D eigenvalue weighted by molar-refractivity contribution is 5.89. The zero-order valence-electron chi connectivity index (χ0n) is 15.0. The second-order valence-corrected chi connectivity index (χ2v) is 6.74. The number of rotatable bonds is 3. The third-order valence-corrected chi connectivity index (χ3v) is 4.85. The molecule has 0 spiro atoms. The third-order valence-electron chi connectivity index (χ3n) is 4.85. The SMILES string of the molecule is Cc1ccc(N(C)[C@@H]2CCCN(C(=O)Nc3ccc(F)cc3F)C2)cc1. The number of nitrogens with zero attached hydrogens (tertiary/aromatic N) is 2. The molecule has 0 aliphatic carbocycles. The van der Waals surface area contributed by atoms with Gasteiger partial charge in [0.25, 0.3) is 0 Å². The van der Waals surface area contributed by atoms with Crippen molar-refractivity contribution in [2.24, 2.45) is 0 Å². The van der Waals surface area contributed by atoms with Crippen molar-refractivity contribution >= 4 is 17.4 Å². The summed E-state index contributed by atoms with van der Waals surface area (Å²) in [6.07, 6.45) is 1.86. The van der Waals surface area contributed by atoms with Crippen molar-refractivity contribution in [3.63, 3.8) is 0 Å². The number of likely N-dealkylation sites (tertiary alicyclic amines) is 1. The molecule has 1 aliphatic rings. The van der Waals surface area contributed by atoms with Gasteiger partial charge in [0.15, 0.2) is 0 Å². The second-order valence-electron chi connectivity index (χ2n) is 6.74. The van der Waals surface area contributed by atoms with E-state index in [0.29, 0.717) is 13.1 Å². The van der Waals surface area contributed by atoms with E-state index in [1.165, 1.54) is 11.6 Å². The number of likely N-dealkylation sites (N-methyl/N-ethyl adjacent to an activating group) is 1. The summed E-state index contributed by atoms with van der Waals surface area (Å²) in [4.78, 5) is 16.3. The van der Waals surface area contributed by atoms with Crippen LogP contribution in [0, 0.1) is 18.6 Å². The maximum Gasteiger partial charge on any atom is 0.321 e. The van der Waals surface area contributed by atoms with Crippen molar-refractivity contribution in [1.29, 1.82) is 0 Å². The van der Waals surface area contributed by atoms with Gasteiger partial charge in [0, 0.05) is 37.9 Å². The normalized spacial score (nSPS) is 17.1. The van der Waals surface area contributed by atoms with Crippen LogP contribution in [0.25, 0.3) is 0 Å². The van der Waals surface area contributed by atoms with Crippen molar-refractivity contribution in [1.82, 2.24) is 4.90 Å². The second kappa shape index (κ2) is 7.72. The molecule has 26 heavy (non-hydrogen) atoms. The number of carbonyl (C=O) groups is 1. The number of amides is 2. The van der Waals surface area contributed by atoms with Crippen molar-refractivity contribution in [3.05, 3.63) is 59.7 Å². The molecule has 1 aliphatic heterocycles. The van der Waals surface area contributed by atoms with Crippen molar-refractivity contribution in [3.8, 4) is 0 Å². The Labute approximate surface area is 152 Å².